The molecule has 518 valence electrons. The fourth-order valence-corrected chi connectivity index (χ4v) is 17.8. The molecule has 4 aliphatic carbocycles. The second-order valence-corrected chi connectivity index (χ2v) is 28.8. The van der Waals surface area contributed by atoms with Crippen LogP contribution in [0.4, 0.5) is 0 Å². The molecule has 8 aliphatic rings. The van der Waals surface area contributed by atoms with E-state index in [9.17, 15) is 24.0 Å². The van der Waals surface area contributed by atoms with Crippen molar-refractivity contribution >= 4 is 35.8 Å². The first-order valence-corrected chi connectivity index (χ1v) is 35.1. The second kappa shape index (κ2) is 28.7. The summed E-state index contributed by atoms with van der Waals surface area (Å²) in [6, 6.07) is 49.2. The Morgan fingerprint density at radius 3 is 1.44 bits per heavy atom. The fraction of sp³-hybridized carbons (Fsp3) is 0.457. The van der Waals surface area contributed by atoms with Gasteiger partial charge in [0.2, 0.25) is 0 Å². The molecule has 0 amide bonds. The number of allylic oxidation sites excluding steroid dienone is 1. The summed E-state index contributed by atoms with van der Waals surface area (Å²) < 4.78 is 80.9. The number of carbonyl (C=O) groups excluding carboxylic acids is 6. The molecule has 18 heteroatoms. The average molecular weight is 1350 g/mol. The molecule has 1 spiro atoms. The summed E-state index contributed by atoms with van der Waals surface area (Å²) in [7, 11) is 0. The lowest BCUT2D eigenvalue weighted by Crippen LogP contribution is -2.67. The monoisotopic (exact) mass is 1350 g/mol. The Bertz CT molecular complexity index is 3870. The van der Waals surface area contributed by atoms with E-state index in [2.05, 4.69) is 33.8 Å². The van der Waals surface area contributed by atoms with E-state index < -0.39 is 116 Å². The number of esters is 6. The third kappa shape index (κ3) is 13.6. The van der Waals surface area contributed by atoms with Gasteiger partial charge in [0.25, 0.3) is 0 Å². The molecule has 4 aliphatic heterocycles. The molecule has 18 nitrogen and oxygen atoms in total. The normalized spacial score (nSPS) is 35.1. The number of hydrogen-bond donors (Lipinski definition) is 0. The van der Waals surface area contributed by atoms with Gasteiger partial charge in [-0.2, -0.15) is 0 Å². The van der Waals surface area contributed by atoms with Crippen LogP contribution in [0.5, 0.6) is 0 Å². The minimum absolute atomic E-state index is 0.0974. The van der Waals surface area contributed by atoms with Gasteiger partial charge in [0, 0.05) is 12.3 Å². The molecule has 6 aromatic rings. The molecule has 14 rings (SSSR count). The Labute approximate surface area is 577 Å². The van der Waals surface area contributed by atoms with E-state index in [1.165, 1.54) is 17.7 Å². The molecular formula is C81H86O18. The summed E-state index contributed by atoms with van der Waals surface area (Å²) in [5.74, 6) is -2.96. The van der Waals surface area contributed by atoms with Crippen LogP contribution in [0.25, 0.3) is 0 Å². The predicted molar refractivity (Wildman–Crippen MR) is 359 cm³/mol. The van der Waals surface area contributed by atoms with E-state index in [-0.39, 0.29) is 50.3 Å². The zero-order valence-electron chi connectivity index (χ0n) is 56.4. The summed E-state index contributed by atoms with van der Waals surface area (Å²) in [5, 5.41) is 0. The van der Waals surface area contributed by atoms with Crippen molar-refractivity contribution in [1.29, 1.82) is 0 Å². The van der Waals surface area contributed by atoms with Crippen LogP contribution in [-0.2, 0) is 56.8 Å². The highest BCUT2D eigenvalue weighted by atomic mass is 16.8. The zero-order valence-corrected chi connectivity index (χ0v) is 56.4. The minimum Gasteiger partial charge on any atom is -0.459 e. The number of rotatable bonds is 17. The van der Waals surface area contributed by atoms with Crippen LogP contribution < -0.4 is 0 Å². The van der Waals surface area contributed by atoms with Crippen molar-refractivity contribution in [3.63, 3.8) is 0 Å². The van der Waals surface area contributed by atoms with Gasteiger partial charge in [0.15, 0.2) is 55.0 Å². The lowest BCUT2D eigenvalue weighted by Gasteiger charge is -2.58. The Morgan fingerprint density at radius 1 is 0.475 bits per heavy atom. The van der Waals surface area contributed by atoms with Crippen LogP contribution in [0.2, 0.25) is 0 Å². The molecule has 0 bridgehead atoms. The maximum absolute atomic E-state index is 15.0. The molecule has 4 unspecified atom stereocenters. The van der Waals surface area contributed by atoms with Gasteiger partial charge in [-0.15, -0.1) is 0 Å². The van der Waals surface area contributed by atoms with Crippen LogP contribution in [0, 0.1) is 46.3 Å². The molecule has 0 radical (unpaired) electrons. The van der Waals surface area contributed by atoms with Crippen LogP contribution in [0.1, 0.15) is 155 Å². The average Bonchev–Trinajstić information content (AvgIpc) is 1.56. The van der Waals surface area contributed by atoms with Crippen LogP contribution in [0.15, 0.2) is 194 Å². The van der Waals surface area contributed by atoms with E-state index in [0.717, 1.165) is 51.6 Å². The van der Waals surface area contributed by atoms with Gasteiger partial charge < -0.3 is 56.8 Å². The van der Waals surface area contributed by atoms with Gasteiger partial charge >= 0.3 is 35.8 Å². The van der Waals surface area contributed by atoms with E-state index in [0.29, 0.717) is 48.3 Å². The molecule has 4 heterocycles. The van der Waals surface area contributed by atoms with Gasteiger partial charge in [-0.3, -0.25) is 0 Å². The maximum Gasteiger partial charge on any atom is 0.338 e. The smallest absolute Gasteiger partial charge is 0.338 e. The van der Waals surface area contributed by atoms with Crippen LogP contribution in [0.3, 0.4) is 0 Å². The Hall–Kier alpha value is -8.36. The molecule has 7 fully saturated rings. The van der Waals surface area contributed by atoms with Crippen molar-refractivity contribution < 1.29 is 85.6 Å². The Morgan fingerprint density at radius 2 is 0.939 bits per heavy atom. The van der Waals surface area contributed by atoms with Gasteiger partial charge in [0.1, 0.15) is 12.7 Å². The highest BCUT2D eigenvalue weighted by molar-refractivity contribution is 5.92. The van der Waals surface area contributed by atoms with Crippen molar-refractivity contribution in [3.05, 3.63) is 227 Å². The maximum atomic E-state index is 15.0. The molecule has 6 aromatic carbocycles. The summed E-state index contributed by atoms with van der Waals surface area (Å²) in [6.07, 6.45) is -6.10. The first kappa shape index (κ1) is 67.8. The SMILES string of the molecule is CC1O[C@@H](O[C@H]2C(OC(=O)c3ccccc3)[C@H](OC(=O)c3ccccc3)C(COC(=O)c3ccccc3)O[C@H]2O[C@H]2CC[C@@]3(C)C(=CC[C@H]4[C@@H]5C[C@@H]6O[C@]7(CC[C@@H](C)CO7)[C@@H](C)[C@@H]6[C@@]5(C)CC[C@@H]43)C2)[C@@H](OC(=O)c2ccccc2)C(OC(=O)c2ccccc2)[C@H]1OC(=O)c1ccccc1. The van der Waals surface area contributed by atoms with Crippen molar-refractivity contribution in [3.8, 4) is 0 Å². The number of benzene rings is 6. The lowest BCUT2D eigenvalue weighted by molar-refractivity contribution is -0.367. The summed E-state index contributed by atoms with van der Waals surface area (Å²) in [5.41, 5.74) is 2.07. The molecule has 21 atom stereocenters. The molecule has 3 saturated carbocycles. The van der Waals surface area contributed by atoms with Crippen LogP contribution >= 0.6 is 0 Å². The second-order valence-electron chi connectivity index (χ2n) is 28.8. The zero-order chi connectivity index (χ0) is 68.6. The Kier molecular flexibility index (Phi) is 19.7. The third-order valence-electron chi connectivity index (χ3n) is 22.9. The standard InChI is InChI=1S/C81H86O18/c1-48-38-43-81(89-46-48)49(2)64-62(99-81)45-61-59-37-36-57-44-58(39-41-79(57,4)60(59)40-42-80(61,64)5)91-78-70(68(96-75(86)55-32-20-10-21-33-55)66(94-73(84)53-28-16-8-17-29-53)63(92-78)47-88-71(82)51-24-12-6-13-25-51)98-77-69(97-76(87)56-34-22-11-23-35-56)67(95-74(85)54-30-18-9-19-31-54)65(50(3)90-77)93-72(83)52-26-14-7-15-27-52/h6-36,48-50,58-70,77-78H,37-47H2,1-5H3/t48-,49+,50?,58+,59-,60+,61+,62+,63?,64+,65+,66-,67?,68?,69+,70+,77+,78-,79+,80+,81-/m1/s1. The first-order valence-electron chi connectivity index (χ1n) is 35.1. The molecular weight excluding hydrogens is 1260 g/mol. The first-order chi connectivity index (χ1) is 48.0. The number of ether oxygens (including phenoxy) is 12. The number of carbonyl (C=O) groups is 6. The highest BCUT2D eigenvalue weighted by Crippen LogP contribution is 2.71. The van der Waals surface area contributed by atoms with E-state index in [1.54, 1.807) is 177 Å². The molecule has 0 N–H and O–H groups in total. The van der Waals surface area contributed by atoms with E-state index in [1.807, 2.05) is 0 Å². The Balaban J connectivity index is 0.843. The van der Waals surface area contributed by atoms with Crippen LogP contribution in [-0.4, -0.2) is 128 Å². The van der Waals surface area contributed by atoms with Crippen molar-refractivity contribution in [2.75, 3.05) is 13.2 Å². The van der Waals surface area contributed by atoms with Gasteiger partial charge in [-0.1, -0.05) is 149 Å². The predicted octanol–water partition coefficient (Wildman–Crippen LogP) is 13.6. The van der Waals surface area contributed by atoms with Gasteiger partial charge in [0.05, 0.1) is 58.3 Å². The largest absolute Gasteiger partial charge is 0.459 e. The third-order valence-corrected chi connectivity index (χ3v) is 22.9. The lowest BCUT2D eigenvalue weighted by atomic mass is 9.47. The summed E-state index contributed by atoms with van der Waals surface area (Å²) >= 11 is 0. The highest BCUT2D eigenvalue weighted by Gasteiger charge is 2.69. The van der Waals surface area contributed by atoms with Crippen molar-refractivity contribution in [2.24, 2.45) is 46.3 Å². The van der Waals surface area contributed by atoms with Crippen molar-refractivity contribution in [2.45, 2.75) is 172 Å². The number of fused-ring (bicyclic) bond motifs is 7. The van der Waals surface area contributed by atoms with Gasteiger partial charge in [-0.05, 0) is 172 Å². The molecule has 99 heavy (non-hydrogen) atoms. The van der Waals surface area contributed by atoms with Gasteiger partial charge in [-0.25, -0.2) is 28.8 Å². The summed E-state index contributed by atoms with van der Waals surface area (Å²) in [4.78, 5) is 87.5. The molecule has 0 aromatic heterocycles. The quantitative estimate of drug-likeness (QED) is 0.0471. The fourth-order valence-electron chi connectivity index (χ4n) is 17.8. The van der Waals surface area contributed by atoms with Crippen molar-refractivity contribution in [1.82, 2.24) is 0 Å². The van der Waals surface area contributed by atoms with E-state index in [4.69, 9.17) is 56.8 Å². The minimum atomic E-state index is -1.82. The number of hydrogen-bond acceptors (Lipinski definition) is 18. The topological polar surface area (TPSA) is 213 Å². The van der Waals surface area contributed by atoms with E-state index >= 15 is 4.79 Å². The molecule has 4 saturated heterocycles. The summed E-state index contributed by atoms with van der Waals surface area (Å²) in [6.45, 7) is 11.4.